The molecule has 0 fully saturated rings. The van der Waals surface area contributed by atoms with Gasteiger partial charge in [0.05, 0.1) is 34.7 Å². The third-order valence-electron chi connectivity index (χ3n) is 4.56. The Morgan fingerprint density at radius 1 is 1.10 bits per heavy atom. The fourth-order valence-electron chi connectivity index (χ4n) is 3.09. The maximum absolute atomic E-state index is 12.6. The minimum Gasteiger partial charge on any atom is -0.494 e. The molecule has 7 nitrogen and oxygen atoms in total. The van der Waals surface area contributed by atoms with Gasteiger partial charge in [-0.15, -0.1) is 0 Å². The second-order valence-electron chi connectivity index (χ2n) is 6.89. The minimum absolute atomic E-state index is 0.0912. The molecule has 0 saturated heterocycles. The highest BCUT2D eigenvalue weighted by Crippen LogP contribution is 2.23. The van der Waals surface area contributed by atoms with Crippen molar-refractivity contribution in [1.82, 2.24) is 4.57 Å². The molecular weight excluding hydrogens is 436 g/mol. The number of fused-ring (bicyclic) bond motifs is 1. The van der Waals surface area contributed by atoms with Gasteiger partial charge in [-0.05, 0) is 49.7 Å². The molecule has 1 amide bonds. The fraction of sp³-hybridized carbons (Fsp3) is 0.364. The van der Waals surface area contributed by atoms with Crippen molar-refractivity contribution in [2.75, 3.05) is 26.1 Å². The molecule has 3 rings (SSSR count). The smallest absolute Gasteiger partial charge is 0.252 e. The van der Waals surface area contributed by atoms with Gasteiger partial charge < -0.3 is 14.0 Å². The number of aromatic nitrogens is 1. The Morgan fingerprint density at radius 2 is 1.84 bits per heavy atom. The molecule has 31 heavy (non-hydrogen) atoms. The van der Waals surface area contributed by atoms with Crippen LogP contribution in [-0.4, -0.2) is 45.0 Å². The first-order chi connectivity index (χ1) is 14.8. The van der Waals surface area contributed by atoms with Crippen molar-refractivity contribution in [1.29, 1.82) is 0 Å². The molecule has 0 unspecified atom stereocenters. The Bertz CT molecular complexity index is 1230. The number of rotatable bonds is 9. The highest BCUT2D eigenvalue weighted by atomic mass is 32.2. The zero-order valence-corrected chi connectivity index (χ0v) is 19.5. The van der Waals surface area contributed by atoms with E-state index in [2.05, 4.69) is 4.99 Å². The van der Waals surface area contributed by atoms with Gasteiger partial charge in [-0.2, -0.15) is 4.99 Å². The van der Waals surface area contributed by atoms with Gasteiger partial charge in [0.15, 0.2) is 14.6 Å². The SMILES string of the molecule is CCOCCn1c(=NC(=O)Cc2ccc(S(C)(=O)=O)cc2)sc2cc(OCC)ccc21. The average Bonchev–Trinajstić information content (AvgIpc) is 3.04. The lowest BCUT2D eigenvalue weighted by atomic mass is 10.1. The van der Waals surface area contributed by atoms with Crippen LogP contribution in [0.1, 0.15) is 19.4 Å². The van der Waals surface area contributed by atoms with Gasteiger partial charge in [0.25, 0.3) is 5.91 Å². The van der Waals surface area contributed by atoms with E-state index in [1.807, 2.05) is 36.6 Å². The maximum atomic E-state index is 12.6. The molecule has 2 aromatic carbocycles. The summed E-state index contributed by atoms with van der Waals surface area (Å²) in [5.41, 5.74) is 1.68. The second-order valence-corrected chi connectivity index (χ2v) is 9.92. The van der Waals surface area contributed by atoms with E-state index in [-0.39, 0.29) is 17.2 Å². The zero-order valence-electron chi connectivity index (χ0n) is 17.8. The molecule has 0 N–H and O–H groups in total. The van der Waals surface area contributed by atoms with Crippen molar-refractivity contribution in [3.63, 3.8) is 0 Å². The van der Waals surface area contributed by atoms with Crippen molar-refractivity contribution in [2.45, 2.75) is 31.7 Å². The topological polar surface area (TPSA) is 87.0 Å². The maximum Gasteiger partial charge on any atom is 0.252 e. The molecule has 1 aromatic heterocycles. The molecule has 0 radical (unpaired) electrons. The van der Waals surface area contributed by atoms with Gasteiger partial charge in [0.1, 0.15) is 5.75 Å². The van der Waals surface area contributed by atoms with Gasteiger partial charge in [0.2, 0.25) is 0 Å². The van der Waals surface area contributed by atoms with Gasteiger partial charge in [-0.25, -0.2) is 8.42 Å². The molecule has 9 heteroatoms. The number of benzene rings is 2. The predicted molar refractivity (Wildman–Crippen MR) is 121 cm³/mol. The summed E-state index contributed by atoms with van der Waals surface area (Å²) in [4.78, 5) is 17.8. The number of hydrogen-bond donors (Lipinski definition) is 0. The minimum atomic E-state index is -3.27. The van der Waals surface area contributed by atoms with Crippen LogP contribution >= 0.6 is 11.3 Å². The molecule has 0 aliphatic heterocycles. The third kappa shape index (κ3) is 6.03. The average molecular weight is 463 g/mol. The molecule has 0 aliphatic rings. The summed E-state index contributed by atoms with van der Waals surface area (Å²) < 4.78 is 37.2. The van der Waals surface area contributed by atoms with Crippen LogP contribution in [0.5, 0.6) is 5.75 Å². The van der Waals surface area contributed by atoms with Gasteiger partial charge in [0, 0.05) is 19.4 Å². The van der Waals surface area contributed by atoms with Crippen LogP contribution in [0, 0.1) is 0 Å². The summed E-state index contributed by atoms with van der Waals surface area (Å²) in [6, 6.07) is 12.1. The summed E-state index contributed by atoms with van der Waals surface area (Å²) in [6.45, 7) is 6.17. The summed E-state index contributed by atoms with van der Waals surface area (Å²) in [5.74, 6) is 0.478. The number of carbonyl (C=O) groups is 1. The highest BCUT2D eigenvalue weighted by Gasteiger charge is 2.11. The quantitative estimate of drug-likeness (QED) is 0.456. The number of amides is 1. The van der Waals surface area contributed by atoms with E-state index in [9.17, 15) is 13.2 Å². The van der Waals surface area contributed by atoms with Crippen LogP contribution in [0.15, 0.2) is 52.4 Å². The molecule has 0 bridgehead atoms. The Kier molecular flexibility index (Phi) is 7.64. The standard InChI is InChI=1S/C22H26N2O5S2/c1-4-28-13-12-24-19-11-8-17(29-5-2)15-20(19)30-22(24)23-21(25)14-16-6-9-18(10-7-16)31(3,26)27/h6-11,15H,4-5,12-14H2,1-3H3. The van der Waals surface area contributed by atoms with E-state index in [4.69, 9.17) is 9.47 Å². The first kappa shape index (κ1) is 23.2. The van der Waals surface area contributed by atoms with Crippen molar-refractivity contribution < 1.29 is 22.7 Å². The lowest BCUT2D eigenvalue weighted by molar-refractivity contribution is -0.117. The van der Waals surface area contributed by atoms with Gasteiger partial charge in [-0.3, -0.25) is 4.79 Å². The monoisotopic (exact) mass is 462 g/mol. The van der Waals surface area contributed by atoms with E-state index in [1.165, 1.54) is 23.5 Å². The Balaban J connectivity index is 1.91. The van der Waals surface area contributed by atoms with Crippen LogP contribution in [0.4, 0.5) is 0 Å². The Hall–Kier alpha value is -2.49. The van der Waals surface area contributed by atoms with Crippen molar-refractivity contribution >= 4 is 37.3 Å². The number of sulfone groups is 1. The number of carbonyl (C=O) groups excluding carboxylic acids is 1. The Labute approximate surface area is 185 Å². The lowest BCUT2D eigenvalue weighted by Crippen LogP contribution is -2.20. The molecule has 0 spiro atoms. The van der Waals surface area contributed by atoms with Crippen molar-refractivity contribution in [2.24, 2.45) is 4.99 Å². The summed E-state index contributed by atoms with van der Waals surface area (Å²) in [7, 11) is -3.27. The van der Waals surface area contributed by atoms with Crippen LogP contribution < -0.4 is 9.54 Å². The van der Waals surface area contributed by atoms with E-state index in [0.717, 1.165) is 22.2 Å². The predicted octanol–water partition coefficient (Wildman–Crippen LogP) is 3.21. The largest absolute Gasteiger partial charge is 0.494 e. The molecular formula is C22H26N2O5S2. The van der Waals surface area contributed by atoms with Crippen molar-refractivity contribution in [3.05, 3.63) is 52.8 Å². The number of thiazole rings is 1. The van der Waals surface area contributed by atoms with E-state index < -0.39 is 9.84 Å². The van der Waals surface area contributed by atoms with E-state index >= 15 is 0 Å². The summed E-state index contributed by atoms with van der Waals surface area (Å²) in [5, 5.41) is 0. The number of ether oxygens (including phenoxy) is 2. The number of hydrogen-bond acceptors (Lipinski definition) is 6. The van der Waals surface area contributed by atoms with Gasteiger partial charge >= 0.3 is 0 Å². The van der Waals surface area contributed by atoms with Gasteiger partial charge in [-0.1, -0.05) is 23.5 Å². The van der Waals surface area contributed by atoms with Crippen LogP contribution in [-0.2, 0) is 32.3 Å². The molecule has 0 saturated carbocycles. The van der Waals surface area contributed by atoms with Crippen LogP contribution in [0.2, 0.25) is 0 Å². The zero-order chi connectivity index (χ0) is 22.4. The molecule has 0 atom stereocenters. The fourth-order valence-corrected chi connectivity index (χ4v) is 4.82. The first-order valence-corrected chi connectivity index (χ1v) is 12.7. The third-order valence-corrected chi connectivity index (χ3v) is 6.73. The molecule has 1 heterocycles. The summed E-state index contributed by atoms with van der Waals surface area (Å²) >= 11 is 1.43. The van der Waals surface area contributed by atoms with Crippen LogP contribution in [0.25, 0.3) is 10.2 Å². The number of nitrogens with zero attached hydrogens (tertiary/aromatic N) is 2. The summed E-state index contributed by atoms with van der Waals surface area (Å²) in [6.07, 6.45) is 1.25. The van der Waals surface area contributed by atoms with Crippen molar-refractivity contribution in [3.8, 4) is 5.75 Å². The normalized spacial score (nSPS) is 12.4. The van der Waals surface area contributed by atoms with Crippen LogP contribution in [0.3, 0.4) is 0 Å². The molecule has 166 valence electrons. The van der Waals surface area contributed by atoms with E-state index in [1.54, 1.807) is 12.1 Å². The Morgan fingerprint density at radius 3 is 2.48 bits per heavy atom. The highest BCUT2D eigenvalue weighted by molar-refractivity contribution is 7.90. The second kappa shape index (κ2) is 10.2. The lowest BCUT2D eigenvalue weighted by Gasteiger charge is -2.06. The van der Waals surface area contributed by atoms with E-state index in [0.29, 0.717) is 36.7 Å². The molecule has 3 aromatic rings. The first-order valence-electron chi connectivity index (χ1n) is 10.0. The molecule has 0 aliphatic carbocycles.